The molecule has 0 radical (unpaired) electrons. The van der Waals surface area contributed by atoms with Gasteiger partial charge in [0, 0.05) is 18.6 Å². The van der Waals surface area contributed by atoms with Gasteiger partial charge in [-0.15, -0.1) is 0 Å². The van der Waals surface area contributed by atoms with Crippen LogP contribution in [-0.4, -0.2) is 41.7 Å². The lowest BCUT2D eigenvalue weighted by Gasteiger charge is -2.23. The largest absolute Gasteiger partial charge is 0.530 e. The van der Waals surface area contributed by atoms with Crippen LogP contribution in [0.5, 0.6) is 0 Å². The number of halogens is 3. The molecule has 92 valence electrons. The van der Waals surface area contributed by atoms with Crippen LogP contribution in [0.25, 0.3) is 0 Å². The fourth-order valence-corrected chi connectivity index (χ4v) is 1.66. The summed E-state index contributed by atoms with van der Waals surface area (Å²) in [4.78, 5) is 22.0. The molecular weight excluding hydrogens is 229 g/mol. The lowest BCUT2D eigenvalue weighted by Crippen LogP contribution is -2.47. The van der Waals surface area contributed by atoms with Crippen molar-refractivity contribution in [3.05, 3.63) is 0 Å². The van der Waals surface area contributed by atoms with Crippen LogP contribution >= 0.6 is 0 Å². The van der Waals surface area contributed by atoms with E-state index in [-0.39, 0.29) is 13.0 Å². The molecule has 0 aliphatic carbocycles. The second-order valence-electron chi connectivity index (χ2n) is 3.67. The highest BCUT2D eigenvalue weighted by molar-refractivity contribution is 5.82. The van der Waals surface area contributed by atoms with Crippen LogP contribution in [0.1, 0.15) is 13.3 Å². The van der Waals surface area contributed by atoms with E-state index in [2.05, 4.69) is 0 Å². The molecule has 16 heavy (non-hydrogen) atoms. The molecule has 2 atom stereocenters. The fraction of sp³-hybridized carbons (Fsp3) is 0.750. The van der Waals surface area contributed by atoms with Crippen molar-refractivity contribution in [3.8, 4) is 0 Å². The summed E-state index contributed by atoms with van der Waals surface area (Å²) in [5, 5.41) is 12.3. The molecule has 8 heteroatoms. The van der Waals surface area contributed by atoms with Gasteiger partial charge in [-0.1, -0.05) is 0 Å². The van der Waals surface area contributed by atoms with Crippen molar-refractivity contribution in [3.63, 3.8) is 0 Å². The van der Waals surface area contributed by atoms with Gasteiger partial charge in [0.05, 0.1) is 0 Å². The zero-order chi connectivity index (χ0) is 12.5. The minimum absolute atomic E-state index is 0.149. The molecule has 0 aromatic carbocycles. The number of rotatable bonds is 1. The Morgan fingerprint density at radius 1 is 1.44 bits per heavy atom. The summed E-state index contributed by atoms with van der Waals surface area (Å²) in [6.07, 6.45) is -6.25. The second kappa shape index (κ2) is 4.18. The van der Waals surface area contributed by atoms with Gasteiger partial charge in [-0.2, -0.15) is 13.2 Å². The number of alkyl halides is 3. The first kappa shape index (κ1) is 12.6. The van der Waals surface area contributed by atoms with Gasteiger partial charge in [0.1, 0.15) is 6.09 Å². The number of carbonyl (C=O) groups is 2. The highest BCUT2D eigenvalue weighted by Gasteiger charge is 2.41. The Labute approximate surface area is 89.2 Å². The summed E-state index contributed by atoms with van der Waals surface area (Å²) >= 11 is 0. The highest BCUT2D eigenvalue weighted by Crippen LogP contribution is 2.19. The third-order valence-corrected chi connectivity index (χ3v) is 2.40. The van der Waals surface area contributed by atoms with Crippen LogP contribution in [0.4, 0.5) is 18.0 Å². The molecule has 1 heterocycles. The molecule has 0 aromatic rings. The first-order valence-electron chi connectivity index (χ1n) is 4.57. The van der Waals surface area contributed by atoms with E-state index < -0.39 is 30.3 Å². The number of carbonyl (C=O) groups excluding carboxylic acids is 2. The zero-order valence-corrected chi connectivity index (χ0v) is 8.37. The smallest absolute Gasteiger partial charge is 0.471 e. The molecule has 5 nitrogen and oxygen atoms in total. The number of nitrogens with zero attached hydrogens (tertiary/aromatic N) is 1. The van der Waals surface area contributed by atoms with Crippen molar-refractivity contribution in [2.75, 3.05) is 6.54 Å². The number of amides is 2. The lowest BCUT2D eigenvalue weighted by molar-refractivity contribution is -0.266. The molecule has 0 bridgehead atoms. The van der Waals surface area contributed by atoms with Gasteiger partial charge < -0.3 is 20.1 Å². The summed E-state index contributed by atoms with van der Waals surface area (Å²) in [7, 11) is 0. The average Bonchev–Trinajstić information content (AvgIpc) is 2.45. The number of hydrogen-bond acceptors (Lipinski definition) is 3. The number of likely N-dealkylation sites (tertiary alicyclic amines) is 1. The van der Waals surface area contributed by atoms with Crippen molar-refractivity contribution in [2.45, 2.75) is 31.6 Å². The van der Waals surface area contributed by atoms with E-state index in [1.165, 1.54) is 6.92 Å². The predicted molar refractivity (Wildman–Crippen MR) is 44.2 cm³/mol. The van der Waals surface area contributed by atoms with E-state index in [4.69, 9.17) is 0 Å². The zero-order valence-electron chi connectivity index (χ0n) is 8.37. The van der Waals surface area contributed by atoms with E-state index in [0.717, 1.165) is 4.90 Å². The molecule has 1 saturated heterocycles. The van der Waals surface area contributed by atoms with Gasteiger partial charge in [0.2, 0.25) is 0 Å². The second-order valence-corrected chi connectivity index (χ2v) is 3.67. The third kappa shape index (κ3) is 2.77. The molecule has 1 aliphatic rings. The molecular formula is C8H10F3N2O3-. The van der Waals surface area contributed by atoms with Crippen LogP contribution in [-0.2, 0) is 4.79 Å². The standard InChI is InChI=1S/C8H11F3N2O3/c1-4-2-5(3-13(4)7(15)16)12-6(14)8(9,10)11/h4-5H,2-3H2,1H3,(H,12,14)(H,15,16)/p-1. The number of hydrogen-bond donors (Lipinski definition) is 1. The monoisotopic (exact) mass is 239 g/mol. The Kier molecular flexibility index (Phi) is 3.30. The minimum atomic E-state index is -4.95. The van der Waals surface area contributed by atoms with E-state index in [1.54, 1.807) is 5.32 Å². The van der Waals surface area contributed by atoms with Crippen LogP contribution in [0.3, 0.4) is 0 Å². The van der Waals surface area contributed by atoms with Crippen molar-refractivity contribution < 1.29 is 27.9 Å². The Hall–Kier alpha value is -1.47. The Bertz CT molecular complexity index is 305. The number of carboxylic acid groups (broad SMARTS) is 1. The SMILES string of the molecule is CC1CC(NC(=O)C(F)(F)F)CN1C(=O)[O-]. The first-order chi connectivity index (χ1) is 7.21. The molecule has 0 aromatic heterocycles. The minimum Gasteiger partial charge on any atom is -0.530 e. The van der Waals surface area contributed by atoms with Crippen LogP contribution in [0.2, 0.25) is 0 Å². The molecule has 1 N–H and O–H groups in total. The molecule has 1 rings (SSSR count). The molecule has 2 unspecified atom stereocenters. The maximum absolute atomic E-state index is 11.9. The topological polar surface area (TPSA) is 72.5 Å². The van der Waals surface area contributed by atoms with Gasteiger partial charge in [0.15, 0.2) is 0 Å². The normalized spacial score (nSPS) is 25.6. The van der Waals surface area contributed by atoms with Crippen LogP contribution < -0.4 is 10.4 Å². The Balaban J connectivity index is 2.54. The molecule has 0 spiro atoms. The first-order valence-corrected chi connectivity index (χ1v) is 4.57. The van der Waals surface area contributed by atoms with Crippen molar-refractivity contribution >= 4 is 12.0 Å². The average molecular weight is 239 g/mol. The molecule has 2 amide bonds. The van der Waals surface area contributed by atoms with Gasteiger partial charge in [-0.05, 0) is 13.3 Å². The number of nitrogens with one attached hydrogen (secondary N) is 1. The van der Waals surface area contributed by atoms with Gasteiger partial charge >= 0.3 is 12.1 Å². The highest BCUT2D eigenvalue weighted by atomic mass is 19.4. The predicted octanol–water partition coefficient (Wildman–Crippen LogP) is -0.529. The maximum Gasteiger partial charge on any atom is 0.471 e. The summed E-state index contributed by atoms with van der Waals surface area (Å²) in [6, 6.07) is -1.27. The van der Waals surface area contributed by atoms with E-state index in [0.29, 0.717) is 0 Å². The quantitative estimate of drug-likeness (QED) is 0.668. The van der Waals surface area contributed by atoms with Crippen LogP contribution in [0, 0.1) is 0 Å². The summed E-state index contributed by atoms with van der Waals surface area (Å²) in [5.41, 5.74) is 0. The molecule has 0 saturated carbocycles. The van der Waals surface area contributed by atoms with Crippen LogP contribution in [0.15, 0.2) is 0 Å². The van der Waals surface area contributed by atoms with Gasteiger partial charge in [-0.25, -0.2) is 0 Å². The summed E-state index contributed by atoms with van der Waals surface area (Å²) in [5.74, 6) is -2.05. The third-order valence-electron chi connectivity index (χ3n) is 2.40. The van der Waals surface area contributed by atoms with Crippen molar-refractivity contribution in [2.24, 2.45) is 0 Å². The van der Waals surface area contributed by atoms with Gasteiger partial charge in [-0.3, -0.25) is 4.79 Å². The Morgan fingerprint density at radius 3 is 2.38 bits per heavy atom. The summed E-state index contributed by atoms with van der Waals surface area (Å²) < 4.78 is 35.7. The maximum atomic E-state index is 11.9. The lowest BCUT2D eigenvalue weighted by atomic mass is 10.2. The van der Waals surface area contributed by atoms with Crippen molar-refractivity contribution in [1.82, 2.24) is 10.2 Å². The van der Waals surface area contributed by atoms with Crippen molar-refractivity contribution in [1.29, 1.82) is 0 Å². The Morgan fingerprint density at radius 2 is 2.00 bits per heavy atom. The molecule has 1 aliphatic heterocycles. The summed E-state index contributed by atoms with van der Waals surface area (Å²) in [6.45, 7) is 1.36. The van der Waals surface area contributed by atoms with E-state index >= 15 is 0 Å². The van der Waals surface area contributed by atoms with Gasteiger partial charge in [0.25, 0.3) is 0 Å². The van der Waals surface area contributed by atoms with E-state index in [1.807, 2.05) is 0 Å². The fourth-order valence-electron chi connectivity index (χ4n) is 1.66. The van der Waals surface area contributed by atoms with E-state index in [9.17, 15) is 27.9 Å². The molecule has 1 fully saturated rings.